The first kappa shape index (κ1) is 17.8. The fourth-order valence-corrected chi connectivity index (χ4v) is 2.90. The maximum absolute atomic E-state index is 11.7. The van der Waals surface area contributed by atoms with E-state index >= 15 is 0 Å². The van der Waals surface area contributed by atoms with Crippen LogP contribution in [0.1, 0.15) is 24.8 Å². The Kier molecular flexibility index (Phi) is 6.93. The molecule has 1 atom stereocenters. The Hall–Kier alpha value is -1.52. The Labute approximate surface area is 145 Å². The standard InChI is InChI=1S/C17H19Cl2NO3/c18-14-6-5-13(15(19)10-14)7-8-20-16(21)11-23-17(22)9-12-3-1-2-4-12/h1,3,5-6,10,12H,2,4,7-9,11H2,(H,20,21)/t12-/m1/s1. The maximum atomic E-state index is 11.7. The van der Waals surface area contributed by atoms with Gasteiger partial charge < -0.3 is 10.1 Å². The molecule has 23 heavy (non-hydrogen) atoms. The van der Waals surface area contributed by atoms with E-state index in [9.17, 15) is 9.59 Å². The lowest BCUT2D eigenvalue weighted by Crippen LogP contribution is -2.30. The Morgan fingerprint density at radius 2 is 2.13 bits per heavy atom. The van der Waals surface area contributed by atoms with Crippen molar-refractivity contribution in [1.82, 2.24) is 5.32 Å². The van der Waals surface area contributed by atoms with Crippen molar-refractivity contribution in [2.24, 2.45) is 5.92 Å². The summed E-state index contributed by atoms with van der Waals surface area (Å²) < 4.78 is 4.98. The van der Waals surface area contributed by atoms with Gasteiger partial charge in [0, 0.05) is 16.6 Å². The zero-order valence-electron chi connectivity index (χ0n) is 12.7. The first-order valence-electron chi connectivity index (χ1n) is 7.57. The van der Waals surface area contributed by atoms with Gasteiger partial charge in [-0.15, -0.1) is 0 Å². The number of carbonyl (C=O) groups is 2. The highest BCUT2D eigenvalue weighted by Crippen LogP contribution is 2.21. The molecule has 0 radical (unpaired) electrons. The number of rotatable bonds is 7. The summed E-state index contributed by atoms with van der Waals surface area (Å²) in [5, 5.41) is 3.85. The molecule has 0 aromatic heterocycles. The number of benzene rings is 1. The van der Waals surface area contributed by atoms with Crippen molar-refractivity contribution in [3.05, 3.63) is 46.0 Å². The molecule has 0 unspecified atom stereocenters. The predicted molar refractivity (Wildman–Crippen MR) is 90.6 cm³/mol. The summed E-state index contributed by atoms with van der Waals surface area (Å²) in [6, 6.07) is 5.25. The monoisotopic (exact) mass is 355 g/mol. The van der Waals surface area contributed by atoms with Gasteiger partial charge in [-0.05, 0) is 42.9 Å². The highest BCUT2D eigenvalue weighted by Gasteiger charge is 2.15. The van der Waals surface area contributed by atoms with Crippen molar-refractivity contribution in [2.75, 3.05) is 13.2 Å². The summed E-state index contributed by atoms with van der Waals surface area (Å²) in [5.74, 6) is -0.402. The Morgan fingerprint density at radius 1 is 1.30 bits per heavy atom. The van der Waals surface area contributed by atoms with Gasteiger partial charge in [-0.3, -0.25) is 9.59 Å². The van der Waals surface area contributed by atoms with E-state index in [1.54, 1.807) is 12.1 Å². The maximum Gasteiger partial charge on any atom is 0.306 e. The Morgan fingerprint density at radius 3 is 2.83 bits per heavy atom. The third-order valence-electron chi connectivity index (χ3n) is 3.64. The van der Waals surface area contributed by atoms with Crippen LogP contribution in [0.2, 0.25) is 10.0 Å². The average Bonchev–Trinajstić information content (AvgIpc) is 3.00. The molecule has 4 nitrogen and oxygen atoms in total. The number of nitrogens with one attached hydrogen (secondary N) is 1. The fourth-order valence-electron chi connectivity index (χ4n) is 2.40. The lowest BCUT2D eigenvalue weighted by molar-refractivity contribution is -0.149. The van der Waals surface area contributed by atoms with Gasteiger partial charge in [0.05, 0.1) is 6.42 Å². The summed E-state index contributed by atoms with van der Waals surface area (Å²) in [4.78, 5) is 23.3. The van der Waals surface area contributed by atoms with Crippen LogP contribution in [0.25, 0.3) is 0 Å². The van der Waals surface area contributed by atoms with E-state index in [-0.39, 0.29) is 24.4 Å². The van der Waals surface area contributed by atoms with Crippen molar-refractivity contribution in [2.45, 2.75) is 25.7 Å². The molecular formula is C17H19Cl2NO3. The number of carbonyl (C=O) groups excluding carboxylic acids is 2. The van der Waals surface area contributed by atoms with Gasteiger partial charge in [-0.1, -0.05) is 41.4 Å². The SMILES string of the molecule is O=C(COC(=O)C[C@@H]1C=CCC1)NCCc1ccc(Cl)cc1Cl. The molecule has 1 aliphatic rings. The highest BCUT2D eigenvalue weighted by atomic mass is 35.5. The molecular weight excluding hydrogens is 337 g/mol. The van der Waals surface area contributed by atoms with Crippen molar-refractivity contribution in [3.63, 3.8) is 0 Å². The number of halogens is 2. The molecule has 0 aliphatic heterocycles. The van der Waals surface area contributed by atoms with E-state index in [1.165, 1.54) is 0 Å². The topological polar surface area (TPSA) is 55.4 Å². The number of amides is 1. The number of hydrogen-bond acceptors (Lipinski definition) is 3. The third kappa shape index (κ3) is 6.24. The van der Waals surface area contributed by atoms with Crippen LogP contribution in [-0.2, 0) is 20.7 Å². The lowest BCUT2D eigenvalue weighted by atomic mass is 10.1. The molecule has 1 aliphatic carbocycles. The predicted octanol–water partition coefficient (Wildman–Crippen LogP) is 3.55. The van der Waals surface area contributed by atoms with Crippen molar-refractivity contribution >= 4 is 35.1 Å². The second kappa shape index (κ2) is 8.94. The number of ether oxygens (including phenoxy) is 1. The molecule has 1 aromatic carbocycles. The smallest absolute Gasteiger partial charge is 0.306 e. The average molecular weight is 356 g/mol. The molecule has 1 amide bonds. The van der Waals surface area contributed by atoms with Crippen molar-refractivity contribution < 1.29 is 14.3 Å². The highest BCUT2D eigenvalue weighted by molar-refractivity contribution is 6.35. The first-order valence-corrected chi connectivity index (χ1v) is 8.33. The van der Waals surface area contributed by atoms with Gasteiger partial charge in [0.1, 0.15) is 0 Å². The number of hydrogen-bond donors (Lipinski definition) is 1. The minimum absolute atomic E-state index is 0.246. The van der Waals surface area contributed by atoms with Crippen LogP contribution in [0, 0.1) is 5.92 Å². The second-order valence-corrected chi connectivity index (χ2v) is 6.31. The van der Waals surface area contributed by atoms with Crippen LogP contribution >= 0.6 is 23.2 Å². The minimum atomic E-state index is -0.336. The van der Waals surface area contributed by atoms with Gasteiger partial charge in [-0.2, -0.15) is 0 Å². The van der Waals surface area contributed by atoms with Crippen molar-refractivity contribution in [3.8, 4) is 0 Å². The zero-order chi connectivity index (χ0) is 16.7. The number of esters is 1. The van der Waals surface area contributed by atoms with Crippen LogP contribution in [0.15, 0.2) is 30.4 Å². The lowest BCUT2D eigenvalue weighted by Gasteiger charge is -2.09. The normalized spacial score (nSPS) is 16.3. The van der Waals surface area contributed by atoms with Gasteiger partial charge in [-0.25, -0.2) is 0 Å². The molecule has 0 saturated carbocycles. The van der Waals surface area contributed by atoms with E-state index in [0.29, 0.717) is 29.4 Å². The zero-order valence-corrected chi connectivity index (χ0v) is 14.2. The van der Waals surface area contributed by atoms with E-state index < -0.39 is 0 Å². The molecule has 1 aromatic rings. The summed E-state index contributed by atoms with van der Waals surface area (Å²) in [6.07, 6.45) is 6.99. The molecule has 0 saturated heterocycles. The molecule has 0 heterocycles. The summed E-state index contributed by atoms with van der Waals surface area (Å²) in [5.41, 5.74) is 0.904. The molecule has 2 rings (SSSR count). The Bertz CT molecular complexity index is 602. The third-order valence-corrected chi connectivity index (χ3v) is 4.22. The molecule has 0 fully saturated rings. The first-order chi connectivity index (χ1) is 11.0. The summed E-state index contributed by atoms with van der Waals surface area (Å²) in [7, 11) is 0. The van der Waals surface area contributed by atoms with Crippen LogP contribution in [-0.4, -0.2) is 25.0 Å². The van der Waals surface area contributed by atoms with E-state index in [4.69, 9.17) is 27.9 Å². The molecule has 0 spiro atoms. The van der Waals surface area contributed by atoms with E-state index in [2.05, 4.69) is 11.4 Å². The van der Waals surface area contributed by atoms with E-state index in [1.807, 2.05) is 12.1 Å². The van der Waals surface area contributed by atoms with Gasteiger partial charge >= 0.3 is 5.97 Å². The van der Waals surface area contributed by atoms with Crippen molar-refractivity contribution in [1.29, 1.82) is 0 Å². The van der Waals surface area contributed by atoms with Gasteiger partial charge in [0.25, 0.3) is 5.91 Å². The quantitative estimate of drug-likeness (QED) is 0.601. The van der Waals surface area contributed by atoms with Crippen LogP contribution in [0.3, 0.4) is 0 Å². The fraction of sp³-hybridized carbons (Fsp3) is 0.412. The summed E-state index contributed by atoms with van der Waals surface area (Å²) >= 11 is 11.9. The van der Waals surface area contributed by atoms with Crippen LogP contribution in [0.4, 0.5) is 0 Å². The van der Waals surface area contributed by atoms with Gasteiger partial charge in [0.15, 0.2) is 6.61 Å². The van der Waals surface area contributed by atoms with Gasteiger partial charge in [0.2, 0.25) is 0 Å². The largest absolute Gasteiger partial charge is 0.456 e. The molecule has 124 valence electrons. The molecule has 6 heteroatoms. The molecule has 1 N–H and O–H groups in total. The second-order valence-electron chi connectivity index (χ2n) is 5.47. The number of allylic oxidation sites excluding steroid dienone is 2. The molecule has 0 bridgehead atoms. The minimum Gasteiger partial charge on any atom is -0.456 e. The van der Waals surface area contributed by atoms with E-state index in [0.717, 1.165) is 18.4 Å². The van der Waals surface area contributed by atoms with Crippen LogP contribution < -0.4 is 5.32 Å². The summed E-state index contributed by atoms with van der Waals surface area (Å²) in [6.45, 7) is 0.173. The Balaban J connectivity index is 1.63. The van der Waals surface area contributed by atoms with Crippen LogP contribution in [0.5, 0.6) is 0 Å².